The van der Waals surface area contributed by atoms with Crippen molar-refractivity contribution in [3.05, 3.63) is 35.6 Å². The van der Waals surface area contributed by atoms with Crippen molar-refractivity contribution in [2.45, 2.75) is 12.5 Å². The summed E-state index contributed by atoms with van der Waals surface area (Å²) in [7, 11) is 0. The van der Waals surface area contributed by atoms with E-state index < -0.39 is 30.9 Å². The molecule has 1 atom stereocenters. The summed E-state index contributed by atoms with van der Waals surface area (Å²) in [5.74, 6) is -1.07. The first-order chi connectivity index (χ1) is 8.31. The Morgan fingerprint density at radius 2 is 2.27 bits per heavy atom. The molecule has 1 amide bonds. The molecule has 4 heteroatoms. The summed E-state index contributed by atoms with van der Waals surface area (Å²) in [6.45, 7) is -2.44. The second-order valence-corrected chi connectivity index (χ2v) is 3.12. The molecule has 1 saturated heterocycles. The highest BCUT2D eigenvalue weighted by Gasteiger charge is 2.17. The van der Waals surface area contributed by atoms with Gasteiger partial charge in [0.15, 0.2) is 0 Å². The lowest BCUT2D eigenvalue weighted by atomic mass is 10.1. The van der Waals surface area contributed by atoms with Gasteiger partial charge in [-0.3, -0.25) is 4.79 Å². The number of hydrogen-bond donors (Lipinski definition) is 1. The highest BCUT2D eigenvalue weighted by molar-refractivity contribution is 5.77. The Kier molecular flexibility index (Phi) is 2.04. The highest BCUT2D eigenvalue weighted by atomic mass is 19.1. The van der Waals surface area contributed by atoms with Crippen LogP contribution in [0.2, 0.25) is 0 Å². The fraction of sp³-hybridized carbons (Fsp3) is 0.364. The van der Waals surface area contributed by atoms with Gasteiger partial charge in [0.2, 0.25) is 5.91 Å². The van der Waals surface area contributed by atoms with Crippen molar-refractivity contribution in [3.63, 3.8) is 0 Å². The van der Waals surface area contributed by atoms with Crippen LogP contribution in [0.3, 0.4) is 0 Å². The van der Waals surface area contributed by atoms with Crippen molar-refractivity contribution in [1.29, 1.82) is 0 Å². The number of rotatable bonds is 1. The topological polar surface area (TPSA) is 38.3 Å². The highest BCUT2D eigenvalue weighted by Crippen LogP contribution is 2.22. The van der Waals surface area contributed by atoms with E-state index in [1.807, 2.05) is 0 Å². The molecule has 80 valence electrons. The standard InChI is InChI=1S/C11H12FNO2/c12-9-3-1-8(2-4-9)10-5-6-13-11(14)7-15-10/h1-4,10H,5-7H2,(H,13,14)/i6D2,10D. The van der Waals surface area contributed by atoms with E-state index >= 15 is 0 Å². The largest absolute Gasteiger partial charge is 0.364 e. The van der Waals surface area contributed by atoms with Gasteiger partial charge in [-0.1, -0.05) is 12.1 Å². The van der Waals surface area contributed by atoms with Gasteiger partial charge in [-0.25, -0.2) is 4.39 Å². The number of carbonyl (C=O) groups excluding carboxylic acids is 1. The van der Waals surface area contributed by atoms with E-state index in [1.54, 1.807) is 0 Å². The number of halogens is 1. The van der Waals surface area contributed by atoms with Crippen LogP contribution in [0, 0.1) is 5.82 Å². The summed E-state index contributed by atoms with van der Waals surface area (Å²) >= 11 is 0. The number of amides is 1. The quantitative estimate of drug-likeness (QED) is 0.764. The molecular weight excluding hydrogens is 197 g/mol. The van der Waals surface area contributed by atoms with Crippen LogP contribution in [-0.2, 0) is 9.53 Å². The molecule has 0 aromatic heterocycles. The molecule has 0 aliphatic carbocycles. The maximum absolute atomic E-state index is 12.8. The number of benzene rings is 1. The maximum atomic E-state index is 12.8. The van der Waals surface area contributed by atoms with Gasteiger partial charge in [-0.15, -0.1) is 0 Å². The summed E-state index contributed by atoms with van der Waals surface area (Å²) < 4.78 is 41.3. The predicted octanol–water partition coefficient (Wildman–Crippen LogP) is 1.40. The molecule has 1 aliphatic rings. The van der Waals surface area contributed by atoms with Gasteiger partial charge in [0.05, 0.1) is 7.45 Å². The lowest BCUT2D eigenvalue weighted by molar-refractivity contribution is -0.125. The molecule has 15 heavy (non-hydrogen) atoms. The molecule has 0 radical (unpaired) electrons. The molecule has 1 N–H and O–H groups in total. The summed E-state index contributed by atoms with van der Waals surface area (Å²) in [6, 6.07) is 5.05. The third-order valence-corrected chi connectivity index (χ3v) is 2.02. The van der Waals surface area contributed by atoms with Crippen LogP contribution in [0.4, 0.5) is 4.39 Å². The van der Waals surface area contributed by atoms with Gasteiger partial charge < -0.3 is 10.1 Å². The van der Waals surface area contributed by atoms with E-state index in [2.05, 4.69) is 5.32 Å². The molecule has 1 aromatic rings. The second-order valence-electron chi connectivity index (χ2n) is 3.12. The molecular formula is C11H12FNO2. The van der Waals surface area contributed by atoms with Gasteiger partial charge in [-0.05, 0) is 24.1 Å². The fourth-order valence-corrected chi connectivity index (χ4v) is 1.28. The van der Waals surface area contributed by atoms with Crippen molar-refractivity contribution in [1.82, 2.24) is 5.32 Å². The zero-order chi connectivity index (χ0) is 13.4. The smallest absolute Gasteiger partial charge is 0.246 e. The third kappa shape index (κ3) is 2.53. The molecule has 2 rings (SSSR count). The molecule has 1 aromatic carbocycles. The minimum atomic E-state index is -2.04. The van der Waals surface area contributed by atoms with Crippen LogP contribution in [0.5, 0.6) is 0 Å². The molecule has 1 fully saturated rings. The van der Waals surface area contributed by atoms with Gasteiger partial charge in [0.1, 0.15) is 12.4 Å². The minimum absolute atomic E-state index is 0.310. The number of ether oxygens (including phenoxy) is 1. The monoisotopic (exact) mass is 212 g/mol. The predicted molar refractivity (Wildman–Crippen MR) is 52.7 cm³/mol. The first-order valence-electron chi connectivity index (χ1n) is 6.02. The second kappa shape index (κ2) is 4.40. The average Bonchev–Trinajstić information content (AvgIpc) is 2.35. The minimum Gasteiger partial charge on any atom is -0.364 e. The van der Waals surface area contributed by atoms with Crippen LogP contribution in [-0.4, -0.2) is 19.0 Å². The Morgan fingerprint density at radius 3 is 3.00 bits per heavy atom. The van der Waals surface area contributed by atoms with Gasteiger partial charge in [-0.2, -0.15) is 0 Å². The van der Waals surface area contributed by atoms with E-state index in [4.69, 9.17) is 8.85 Å². The molecule has 1 heterocycles. The molecule has 0 bridgehead atoms. The van der Waals surface area contributed by atoms with Gasteiger partial charge in [0, 0.05) is 9.24 Å². The first-order valence-corrected chi connectivity index (χ1v) is 4.52. The van der Waals surface area contributed by atoms with Crippen molar-refractivity contribution >= 4 is 5.91 Å². The molecule has 1 aliphatic heterocycles. The van der Waals surface area contributed by atoms with Crippen molar-refractivity contribution in [3.8, 4) is 0 Å². The summed E-state index contributed by atoms with van der Waals surface area (Å²) in [6.07, 6.45) is -2.08. The Balaban J connectivity index is 2.34. The van der Waals surface area contributed by atoms with Crippen molar-refractivity contribution in [2.24, 2.45) is 0 Å². The van der Waals surface area contributed by atoms with Gasteiger partial charge in [0.25, 0.3) is 0 Å². The van der Waals surface area contributed by atoms with Crippen LogP contribution < -0.4 is 5.32 Å². The summed E-state index contributed by atoms with van der Waals surface area (Å²) in [4.78, 5) is 11.3. The van der Waals surface area contributed by atoms with Crippen LogP contribution in [0.25, 0.3) is 0 Å². The van der Waals surface area contributed by atoms with Crippen molar-refractivity contribution in [2.75, 3.05) is 13.1 Å². The molecule has 1 unspecified atom stereocenters. The molecule has 0 spiro atoms. The number of carbonyl (C=O) groups is 1. The normalized spacial score (nSPS) is 33.1. The third-order valence-electron chi connectivity index (χ3n) is 2.02. The van der Waals surface area contributed by atoms with Crippen LogP contribution >= 0.6 is 0 Å². The van der Waals surface area contributed by atoms with Gasteiger partial charge >= 0.3 is 0 Å². The SMILES string of the molecule is [2H]C1([2H])CC([2H])(c2ccc(F)cc2)OCC(=O)N1. The first kappa shape index (κ1) is 6.95. The summed E-state index contributed by atoms with van der Waals surface area (Å²) in [5.41, 5.74) is 0.310. The lowest BCUT2D eigenvalue weighted by Crippen LogP contribution is -2.24. The number of nitrogens with one attached hydrogen (secondary N) is 1. The Bertz CT molecular complexity index is 466. The van der Waals surface area contributed by atoms with E-state index in [0.717, 1.165) is 0 Å². The summed E-state index contributed by atoms with van der Waals surface area (Å²) in [5, 5.41) is 2.13. The van der Waals surface area contributed by atoms with Crippen molar-refractivity contribution < 1.29 is 18.0 Å². The molecule has 0 saturated carbocycles. The number of hydrogen-bond acceptors (Lipinski definition) is 2. The van der Waals surface area contributed by atoms with E-state index in [1.165, 1.54) is 24.3 Å². The van der Waals surface area contributed by atoms with Crippen LogP contribution in [0.1, 0.15) is 22.2 Å². The zero-order valence-corrected chi connectivity index (χ0v) is 7.92. The Morgan fingerprint density at radius 1 is 1.53 bits per heavy atom. The van der Waals surface area contributed by atoms with Crippen LogP contribution in [0.15, 0.2) is 24.3 Å². The Hall–Kier alpha value is -1.42. The van der Waals surface area contributed by atoms with E-state index in [0.29, 0.717) is 5.56 Å². The zero-order valence-electron chi connectivity index (χ0n) is 10.9. The Labute approximate surface area is 91.5 Å². The lowest BCUT2D eigenvalue weighted by Gasteiger charge is -2.13. The molecule has 3 nitrogen and oxygen atoms in total. The van der Waals surface area contributed by atoms with E-state index in [9.17, 15) is 9.18 Å². The fourth-order valence-electron chi connectivity index (χ4n) is 1.28. The average molecular weight is 212 g/mol. The van der Waals surface area contributed by atoms with E-state index in [-0.39, 0.29) is 6.42 Å². The maximum Gasteiger partial charge on any atom is 0.246 e.